The summed E-state index contributed by atoms with van der Waals surface area (Å²) < 4.78 is 7.59. The Morgan fingerprint density at radius 3 is 2.87 bits per heavy atom. The molecule has 5 heterocycles. The van der Waals surface area contributed by atoms with Gasteiger partial charge in [-0.3, -0.25) is 14.5 Å². The molecule has 0 bridgehead atoms. The van der Waals surface area contributed by atoms with E-state index in [1.54, 1.807) is 35.7 Å². The molecule has 0 unspecified atom stereocenters. The molecule has 0 radical (unpaired) electrons. The van der Waals surface area contributed by atoms with Crippen molar-refractivity contribution in [1.29, 1.82) is 0 Å². The van der Waals surface area contributed by atoms with Crippen molar-refractivity contribution < 1.29 is 9.21 Å². The lowest BCUT2D eigenvalue weighted by Crippen LogP contribution is -2.39. The first-order valence-corrected chi connectivity index (χ1v) is 10.3. The van der Waals surface area contributed by atoms with E-state index in [1.165, 1.54) is 0 Å². The van der Waals surface area contributed by atoms with E-state index >= 15 is 0 Å². The van der Waals surface area contributed by atoms with E-state index in [0.717, 1.165) is 29.7 Å². The van der Waals surface area contributed by atoms with E-state index in [1.807, 2.05) is 41.6 Å². The molecule has 1 aliphatic rings. The van der Waals surface area contributed by atoms with Crippen LogP contribution >= 0.6 is 0 Å². The number of hydrogen-bond acceptors (Lipinski definition) is 6. The minimum Gasteiger partial charge on any atom is -0.454 e. The first-order valence-electron chi connectivity index (χ1n) is 10.3. The summed E-state index contributed by atoms with van der Waals surface area (Å²) in [4.78, 5) is 27.9. The van der Waals surface area contributed by atoms with Gasteiger partial charge in [-0.2, -0.15) is 5.10 Å². The van der Waals surface area contributed by atoms with Gasteiger partial charge in [0.15, 0.2) is 5.76 Å². The van der Waals surface area contributed by atoms with Crippen LogP contribution in [-0.2, 0) is 6.54 Å². The van der Waals surface area contributed by atoms with E-state index in [0.29, 0.717) is 31.2 Å². The highest BCUT2D eigenvalue weighted by atomic mass is 16.4. The van der Waals surface area contributed by atoms with Crippen LogP contribution in [0, 0.1) is 0 Å². The zero-order chi connectivity index (χ0) is 21.0. The number of carbonyl (C=O) groups excluding carboxylic acids is 1. The smallest absolute Gasteiger partial charge is 0.289 e. The molecule has 31 heavy (non-hydrogen) atoms. The third-order valence-corrected chi connectivity index (χ3v) is 5.58. The number of nitrogens with zero attached hydrogens (tertiary/aromatic N) is 6. The summed E-state index contributed by atoms with van der Waals surface area (Å²) in [5.74, 6) is 1.12. The maximum Gasteiger partial charge on any atom is 0.289 e. The van der Waals surface area contributed by atoms with E-state index in [-0.39, 0.29) is 11.8 Å². The summed E-state index contributed by atoms with van der Waals surface area (Å²) in [6, 6.07) is 9.35. The fourth-order valence-corrected chi connectivity index (χ4v) is 4.09. The quantitative estimate of drug-likeness (QED) is 0.497. The zero-order valence-corrected chi connectivity index (χ0v) is 17.0. The van der Waals surface area contributed by atoms with E-state index < -0.39 is 0 Å². The number of pyridine rings is 1. The second kappa shape index (κ2) is 8.51. The Morgan fingerprint density at radius 1 is 1.13 bits per heavy atom. The number of rotatable bonds is 5. The fourth-order valence-electron chi connectivity index (χ4n) is 4.09. The molecule has 0 spiro atoms. The number of aromatic nitrogens is 5. The summed E-state index contributed by atoms with van der Waals surface area (Å²) in [7, 11) is 0. The lowest BCUT2D eigenvalue weighted by molar-refractivity contribution is 0.0671. The first kappa shape index (κ1) is 19.2. The third kappa shape index (κ3) is 4.09. The topological polar surface area (TPSA) is 89.9 Å². The van der Waals surface area contributed by atoms with Gasteiger partial charge in [0.25, 0.3) is 5.91 Å². The standard InChI is InChI=1S/C23H22N6O2/c30-23(21-5-4-19(31-21)15-29-12-2-8-27-29)28-11-1-3-18(14-28)22-20(13-25-16-26-22)17-6-9-24-10-7-17/h2,4-10,12-13,16,18H,1,3,11,14-15H2/t18-/m1/s1. The van der Waals surface area contributed by atoms with Crippen molar-refractivity contribution in [2.24, 2.45) is 0 Å². The summed E-state index contributed by atoms with van der Waals surface area (Å²) in [6.45, 7) is 1.81. The molecule has 1 fully saturated rings. The normalized spacial score (nSPS) is 16.4. The summed E-state index contributed by atoms with van der Waals surface area (Å²) >= 11 is 0. The first-order chi connectivity index (χ1) is 15.3. The number of piperidine rings is 1. The van der Waals surface area contributed by atoms with Gasteiger partial charge < -0.3 is 9.32 Å². The summed E-state index contributed by atoms with van der Waals surface area (Å²) in [5, 5.41) is 4.18. The van der Waals surface area contributed by atoms with Gasteiger partial charge in [-0.1, -0.05) is 0 Å². The molecule has 0 aromatic carbocycles. The van der Waals surface area contributed by atoms with Crippen LogP contribution in [0.4, 0.5) is 0 Å². The maximum atomic E-state index is 13.1. The minimum atomic E-state index is -0.0871. The number of carbonyl (C=O) groups is 1. The number of hydrogen-bond donors (Lipinski definition) is 0. The molecule has 4 aromatic heterocycles. The Hall–Kier alpha value is -3.81. The van der Waals surface area contributed by atoms with Gasteiger partial charge >= 0.3 is 0 Å². The molecular formula is C23H22N6O2. The second-order valence-electron chi connectivity index (χ2n) is 7.62. The molecule has 1 atom stereocenters. The molecule has 1 amide bonds. The number of furan rings is 1. The monoisotopic (exact) mass is 414 g/mol. The molecule has 156 valence electrons. The van der Waals surface area contributed by atoms with Crippen LogP contribution in [0.25, 0.3) is 11.1 Å². The SMILES string of the molecule is O=C(c1ccc(Cn2cccn2)o1)N1CCC[C@@H](c2ncncc2-c2ccncc2)C1. The minimum absolute atomic E-state index is 0.0871. The summed E-state index contributed by atoms with van der Waals surface area (Å²) in [6.07, 6.45) is 12.4. The average Bonchev–Trinajstić information content (AvgIpc) is 3.52. The molecule has 1 saturated heterocycles. The Morgan fingerprint density at radius 2 is 2.03 bits per heavy atom. The third-order valence-electron chi connectivity index (χ3n) is 5.58. The predicted octanol–water partition coefficient (Wildman–Crippen LogP) is 3.40. The highest BCUT2D eigenvalue weighted by molar-refractivity contribution is 5.91. The van der Waals surface area contributed by atoms with Gasteiger partial charge in [0.2, 0.25) is 0 Å². The van der Waals surface area contributed by atoms with Crippen LogP contribution in [0.1, 0.15) is 40.8 Å². The van der Waals surface area contributed by atoms with Crippen LogP contribution in [0.3, 0.4) is 0 Å². The van der Waals surface area contributed by atoms with Gasteiger partial charge in [0.1, 0.15) is 12.1 Å². The molecule has 5 rings (SSSR count). The second-order valence-corrected chi connectivity index (χ2v) is 7.62. The average molecular weight is 414 g/mol. The van der Waals surface area contributed by atoms with Gasteiger partial charge in [0.05, 0.1) is 12.2 Å². The molecule has 8 nitrogen and oxygen atoms in total. The Balaban J connectivity index is 1.33. The van der Waals surface area contributed by atoms with Crippen LogP contribution in [0.2, 0.25) is 0 Å². The van der Waals surface area contributed by atoms with Crippen molar-refractivity contribution in [3.8, 4) is 11.1 Å². The van der Waals surface area contributed by atoms with Crippen LogP contribution in [0.15, 0.2) is 72.1 Å². The number of likely N-dealkylation sites (tertiary alicyclic amines) is 1. The van der Waals surface area contributed by atoms with E-state index in [9.17, 15) is 4.79 Å². The predicted molar refractivity (Wildman–Crippen MR) is 113 cm³/mol. The van der Waals surface area contributed by atoms with Crippen LogP contribution < -0.4 is 0 Å². The van der Waals surface area contributed by atoms with Crippen molar-refractivity contribution in [3.05, 3.63) is 84.9 Å². The molecule has 1 aliphatic heterocycles. The van der Waals surface area contributed by atoms with Gasteiger partial charge in [-0.25, -0.2) is 9.97 Å². The largest absolute Gasteiger partial charge is 0.454 e. The highest BCUT2D eigenvalue weighted by Gasteiger charge is 2.29. The molecule has 0 aliphatic carbocycles. The molecule has 0 saturated carbocycles. The molecular weight excluding hydrogens is 392 g/mol. The van der Waals surface area contributed by atoms with Crippen molar-refractivity contribution in [3.63, 3.8) is 0 Å². The molecule has 4 aromatic rings. The zero-order valence-electron chi connectivity index (χ0n) is 17.0. The van der Waals surface area contributed by atoms with Crippen LogP contribution in [0.5, 0.6) is 0 Å². The molecule has 8 heteroatoms. The van der Waals surface area contributed by atoms with Crippen molar-refractivity contribution >= 4 is 5.91 Å². The van der Waals surface area contributed by atoms with Crippen molar-refractivity contribution in [2.45, 2.75) is 25.3 Å². The Bertz CT molecular complexity index is 1160. The Labute approximate surface area is 179 Å². The fraction of sp³-hybridized carbons (Fsp3) is 0.261. The molecule has 0 N–H and O–H groups in total. The summed E-state index contributed by atoms with van der Waals surface area (Å²) in [5.41, 5.74) is 2.99. The van der Waals surface area contributed by atoms with E-state index in [2.05, 4.69) is 20.1 Å². The van der Waals surface area contributed by atoms with Crippen molar-refractivity contribution in [2.75, 3.05) is 13.1 Å². The van der Waals surface area contributed by atoms with Gasteiger partial charge in [-0.05, 0) is 48.7 Å². The van der Waals surface area contributed by atoms with Crippen molar-refractivity contribution in [1.82, 2.24) is 29.6 Å². The Kier molecular flexibility index (Phi) is 5.26. The van der Waals surface area contributed by atoms with Gasteiger partial charge in [0, 0.05) is 55.6 Å². The highest BCUT2D eigenvalue weighted by Crippen LogP contribution is 2.33. The number of amides is 1. The van der Waals surface area contributed by atoms with E-state index in [4.69, 9.17) is 4.42 Å². The lowest BCUT2D eigenvalue weighted by atomic mass is 9.90. The maximum absolute atomic E-state index is 13.1. The van der Waals surface area contributed by atoms with Crippen LogP contribution in [-0.4, -0.2) is 48.6 Å². The van der Waals surface area contributed by atoms with Gasteiger partial charge in [-0.15, -0.1) is 0 Å². The lowest BCUT2D eigenvalue weighted by Gasteiger charge is -2.32.